The molecule has 0 aromatic heterocycles. The molecule has 0 atom stereocenters. The fourth-order valence-corrected chi connectivity index (χ4v) is 2.11. The number of rotatable bonds is 12. The molecule has 0 aliphatic carbocycles. The molecule has 0 heterocycles. The molecular weight excluding hydrogens is 419 g/mol. The van der Waals surface area contributed by atoms with Crippen LogP contribution in [-0.2, 0) is 38.7 Å². The Kier molecular flexibility index (Phi) is 14.4. The third kappa shape index (κ3) is 11.4. The molecule has 0 saturated carbocycles. The zero-order valence-electron chi connectivity index (χ0n) is 15.8. The molecule has 0 radical (unpaired) electrons. The van der Waals surface area contributed by atoms with Gasteiger partial charge in [-0.3, -0.25) is 9.35 Å². The summed E-state index contributed by atoms with van der Waals surface area (Å²) in [7, 11) is -4.58. The Hall–Kier alpha value is -0.564. The van der Waals surface area contributed by atoms with Crippen LogP contribution in [0.1, 0.15) is 40.0 Å². The van der Waals surface area contributed by atoms with Crippen LogP contribution in [0, 0.1) is 5.41 Å². The summed E-state index contributed by atoms with van der Waals surface area (Å²) in [6.45, 7) is 10.5. The summed E-state index contributed by atoms with van der Waals surface area (Å²) in [4.78, 5) is 36.0. The van der Waals surface area contributed by atoms with Crippen molar-refractivity contribution in [3.63, 3.8) is 0 Å². The molecule has 0 aromatic rings. The number of hydrogen-bond donors (Lipinski definition) is 1. The van der Waals surface area contributed by atoms with Gasteiger partial charge in [-0.2, -0.15) is 8.42 Å². The molecule has 0 saturated heterocycles. The molecule has 0 amide bonds. The predicted octanol–water partition coefficient (Wildman–Crippen LogP) is 1.14. The molecule has 0 bridgehead atoms. The van der Waals surface area contributed by atoms with Crippen LogP contribution in [0.4, 0.5) is 0 Å². The van der Waals surface area contributed by atoms with Crippen LogP contribution in [0.5, 0.6) is 0 Å². The second kappa shape index (κ2) is 13.6. The topological polar surface area (TPSA) is 133 Å². The van der Waals surface area contributed by atoms with Crippen molar-refractivity contribution in [3.8, 4) is 0 Å². The zero-order valence-corrected chi connectivity index (χ0v) is 16.6. The van der Waals surface area contributed by atoms with Gasteiger partial charge in [0.15, 0.2) is 0 Å². The van der Waals surface area contributed by atoms with Crippen molar-refractivity contribution in [2.24, 2.45) is 5.41 Å². The molecule has 156 valence electrons. The average Bonchev–Trinajstić information content (AvgIpc) is 2.57. The van der Waals surface area contributed by atoms with E-state index in [4.69, 9.17) is 14.0 Å². The summed E-state index contributed by atoms with van der Waals surface area (Å²) in [6, 6.07) is 0. The third-order valence-corrected chi connectivity index (χ3v) is 3.85. The summed E-state index contributed by atoms with van der Waals surface area (Å²) < 4.78 is 45.3. The standard InChI is InChI=1S/C17H26O9S.K.H/c1-6-7-8-17(9-24-14(18)12(2)3,10-25-15(19)13(4)5)16(20)26-11-27(21,22)23;;/h2,4,6-11H2,1,3,5H3,(H,21,22,23);;. The molecule has 0 spiro atoms. The molecule has 1 N–H and O–H groups in total. The predicted molar refractivity (Wildman–Crippen MR) is 103 cm³/mol. The Morgan fingerprint density at radius 3 is 1.71 bits per heavy atom. The van der Waals surface area contributed by atoms with E-state index in [2.05, 4.69) is 17.9 Å². The van der Waals surface area contributed by atoms with E-state index in [9.17, 15) is 22.8 Å². The summed E-state index contributed by atoms with van der Waals surface area (Å²) in [6.07, 6.45) is 1.20. The van der Waals surface area contributed by atoms with Gasteiger partial charge >= 0.3 is 79.4 Å². The Morgan fingerprint density at radius 2 is 1.39 bits per heavy atom. The van der Waals surface area contributed by atoms with E-state index in [1.807, 2.05) is 6.92 Å². The van der Waals surface area contributed by atoms with Gasteiger partial charge in [-0.25, -0.2) is 9.59 Å². The molecule has 0 aliphatic rings. The monoisotopic (exact) mass is 446 g/mol. The van der Waals surface area contributed by atoms with Gasteiger partial charge in [0.2, 0.25) is 5.94 Å². The van der Waals surface area contributed by atoms with E-state index >= 15 is 0 Å². The Bertz CT molecular complexity index is 667. The summed E-state index contributed by atoms with van der Waals surface area (Å²) in [5, 5.41) is 0. The minimum atomic E-state index is -4.58. The van der Waals surface area contributed by atoms with Crippen molar-refractivity contribution in [2.45, 2.75) is 40.0 Å². The SMILES string of the molecule is C=C(C)C(=O)OCC(CCCC)(COC(=O)C(=C)C)C(=O)OCS(=O)(=O)O.[KH]. The van der Waals surface area contributed by atoms with Crippen molar-refractivity contribution in [1.82, 2.24) is 0 Å². The minimum absolute atomic E-state index is 0. The van der Waals surface area contributed by atoms with E-state index in [0.717, 1.165) is 0 Å². The van der Waals surface area contributed by atoms with Gasteiger partial charge in [-0.15, -0.1) is 0 Å². The van der Waals surface area contributed by atoms with Crippen LogP contribution in [-0.4, -0.2) is 101 Å². The average molecular weight is 447 g/mol. The summed E-state index contributed by atoms with van der Waals surface area (Å²) >= 11 is 0. The quantitative estimate of drug-likeness (QED) is 0.154. The van der Waals surface area contributed by atoms with Crippen LogP contribution < -0.4 is 0 Å². The van der Waals surface area contributed by atoms with Crippen molar-refractivity contribution >= 4 is 79.4 Å². The molecular formula is C17H27KO9S. The Balaban J connectivity index is 0. The van der Waals surface area contributed by atoms with Crippen molar-refractivity contribution in [2.75, 3.05) is 19.2 Å². The first-order valence-corrected chi connectivity index (χ1v) is 9.73. The van der Waals surface area contributed by atoms with Gasteiger partial charge in [-0.1, -0.05) is 32.9 Å². The Morgan fingerprint density at radius 1 is 0.964 bits per heavy atom. The molecule has 0 aliphatic heterocycles. The molecule has 0 rings (SSSR count). The fraction of sp³-hybridized carbons (Fsp3) is 0.588. The van der Waals surface area contributed by atoms with Gasteiger partial charge in [0.25, 0.3) is 0 Å². The summed E-state index contributed by atoms with van der Waals surface area (Å²) in [5.41, 5.74) is -1.47. The zero-order chi connectivity index (χ0) is 21.3. The van der Waals surface area contributed by atoms with E-state index in [1.54, 1.807) is 0 Å². The van der Waals surface area contributed by atoms with E-state index in [0.29, 0.717) is 12.8 Å². The molecule has 0 fully saturated rings. The number of esters is 3. The molecule has 0 unspecified atom stereocenters. The van der Waals surface area contributed by atoms with Crippen molar-refractivity contribution in [1.29, 1.82) is 0 Å². The van der Waals surface area contributed by atoms with Crippen LogP contribution in [0.15, 0.2) is 24.3 Å². The van der Waals surface area contributed by atoms with E-state index in [1.165, 1.54) is 13.8 Å². The van der Waals surface area contributed by atoms with Crippen LogP contribution in [0.25, 0.3) is 0 Å². The third-order valence-electron chi connectivity index (χ3n) is 3.44. The number of ether oxygens (including phenoxy) is 3. The molecule has 11 heteroatoms. The van der Waals surface area contributed by atoms with Gasteiger partial charge in [0, 0.05) is 11.1 Å². The maximum absolute atomic E-state index is 12.6. The number of carbonyl (C=O) groups excluding carboxylic acids is 3. The van der Waals surface area contributed by atoms with Gasteiger partial charge in [-0.05, 0) is 20.3 Å². The van der Waals surface area contributed by atoms with Gasteiger partial charge in [0.1, 0.15) is 18.6 Å². The number of hydrogen-bond acceptors (Lipinski definition) is 8. The number of unbranched alkanes of at least 4 members (excludes halogenated alkanes) is 1. The number of carbonyl (C=O) groups is 3. The molecule has 28 heavy (non-hydrogen) atoms. The van der Waals surface area contributed by atoms with Gasteiger partial charge in [0.05, 0.1) is 0 Å². The Labute approximate surface area is 208 Å². The van der Waals surface area contributed by atoms with Crippen molar-refractivity contribution < 1.29 is 41.6 Å². The first-order valence-electron chi connectivity index (χ1n) is 8.12. The maximum atomic E-state index is 12.6. The van der Waals surface area contributed by atoms with Crippen molar-refractivity contribution in [3.05, 3.63) is 24.3 Å². The van der Waals surface area contributed by atoms with Crippen LogP contribution in [0.3, 0.4) is 0 Å². The van der Waals surface area contributed by atoms with Crippen LogP contribution >= 0.6 is 0 Å². The second-order valence-corrected chi connectivity index (χ2v) is 7.63. The molecule has 9 nitrogen and oxygen atoms in total. The van der Waals surface area contributed by atoms with E-state index < -0.39 is 52.6 Å². The first kappa shape index (κ1) is 29.6. The van der Waals surface area contributed by atoms with Crippen LogP contribution in [0.2, 0.25) is 0 Å². The fourth-order valence-electron chi connectivity index (χ4n) is 1.86. The van der Waals surface area contributed by atoms with Gasteiger partial charge < -0.3 is 14.2 Å². The first-order chi connectivity index (χ1) is 12.3. The van der Waals surface area contributed by atoms with E-state index in [-0.39, 0.29) is 69.0 Å². The second-order valence-electron chi connectivity index (χ2n) is 6.23. The normalized spacial score (nSPS) is 11.0. The molecule has 0 aromatic carbocycles. The summed E-state index contributed by atoms with van der Waals surface area (Å²) in [5.74, 6) is -3.91.